The third kappa shape index (κ3) is 4.17. The maximum Gasteiger partial charge on any atom is 0.251 e. The van der Waals surface area contributed by atoms with Crippen LogP contribution in [-0.4, -0.2) is 18.0 Å². The molecule has 0 aliphatic rings. The molecule has 5 heteroatoms. The summed E-state index contributed by atoms with van der Waals surface area (Å²) >= 11 is 6.01. The molecule has 0 saturated heterocycles. The highest BCUT2D eigenvalue weighted by atomic mass is 35.5. The number of halogens is 1. The minimum absolute atomic E-state index is 0.152. The van der Waals surface area contributed by atoms with Gasteiger partial charge in [0.15, 0.2) is 0 Å². The summed E-state index contributed by atoms with van der Waals surface area (Å²) in [5.74, 6) is 0.513. The Morgan fingerprint density at radius 1 is 1.12 bits per heavy atom. The van der Waals surface area contributed by atoms with Crippen LogP contribution in [0.25, 0.3) is 11.1 Å². The summed E-state index contributed by atoms with van der Waals surface area (Å²) in [5, 5.41) is 3.48. The van der Waals surface area contributed by atoms with Gasteiger partial charge in [0.1, 0.15) is 5.75 Å². The molecule has 0 fully saturated rings. The van der Waals surface area contributed by atoms with E-state index in [0.29, 0.717) is 22.9 Å². The van der Waals surface area contributed by atoms with Gasteiger partial charge in [-0.15, -0.1) is 0 Å². The van der Waals surface area contributed by atoms with Crippen molar-refractivity contribution >= 4 is 17.5 Å². The van der Waals surface area contributed by atoms with Crippen LogP contribution < -0.4 is 10.1 Å². The number of amides is 1. The first-order chi connectivity index (χ1) is 12.2. The van der Waals surface area contributed by atoms with Crippen LogP contribution in [0.15, 0.2) is 66.9 Å². The normalized spacial score (nSPS) is 10.3. The molecule has 0 bridgehead atoms. The lowest BCUT2D eigenvalue weighted by Gasteiger charge is -2.11. The Bertz CT molecular complexity index is 882. The second-order valence-corrected chi connectivity index (χ2v) is 5.87. The number of carbonyl (C=O) groups is 1. The lowest BCUT2D eigenvalue weighted by atomic mass is 10.0. The number of rotatable bonds is 5. The Morgan fingerprint density at radius 2 is 2.00 bits per heavy atom. The lowest BCUT2D eigenvalue weighted by Crippen LogP contribution is -2.23. The molecule has 0 saturated carbocycles. The van der Waals surface area contributed by atoms with E-state index in [2.05, 4.69) is 10.3 Å². The van der Waals surface area contributed by atoms with Gasteiger partial charge >= 0.3 is 0 Å². The molecule has 3 aromatic rings. The van der Waals surface area contributed by atoms with Crippen molar-refractivity contribution < 1.29 is 9.53 Å². The van der Waals surface area contributed by atoms with Gasteiger partial charge in [-0.2, -0.15) is 0 Å². The molecule has 1 aromatic heterocycles. The Morgan fingerprint density at radius 3 is 2.76 bits per heavy atom. The van der Waals surface area contributed by atoms with Gasteiger partial charge in [0.25, 0.3) is 5.91 Å². The molecule has 1 heterocycles. The minimum Gasteiger partial charge on any atom is -0.496 e. The quantitative estimate of drug-likeness (QED) is 0.743. The van der Waals surface area contributed by atoms with Crippen LogP contribution in [0.2, 0.25) is 5.02 Å². The number of pyridine rings is 1. The topological polar surface area (TPSA) is 51.2 Å². The molecule has 0 atom stereocenters. The third-order valence-corrected chi connectivity index (χ3v) is 3.99. The number of methoxy groups -OCH3 is 1. The molecule has 1 amide bonds. The highest BCUT2D eigenvalue weighted by Crippen LogP contribution is 2.32. The molecule has 0 spiro atoms. The first kappa shape index (κ1) is 17.0. The fourth-order valence-electron chi connectivity index (χ4n) is 2.51. The lowest BCUT2D eigenvalue weighted by molar-refractivity contribution is 0.0950. The van der Waals surface area contributed by atoms with E-state index in [1.54, 1.807) is 31.5 Å². The van der Waals surface area contributed by atoms with Crippen LogP contribution >= 0.6 is 11.6 Å². The van der Waals surface area contributed by atoms with E-state index in [-0.39, 0.29) is 5.91 Å². The Hall–Kier alpha value is -2.85. The monoisotopic (exact) mass is 352 g/mol. The number of hydrogen-bond donors (Lipinski definition) is 1. The van der Waals surface area contributed by atoms with Gasteiger partial charge in [-0.3, -0.25) is 9.78 Å². The van der Waals surface area contributed by atoms with Crippen molar-refractivity contribution in [1.82, 2.24) is 10.3 Å². The molecule has 0 aliphatic carbocycles. The van der Waals surface area contributed by atoms with E-state index >= 15 is 0 Å². The summed E-state index contributed by atoms with van der Waals surface area (Å²) in [6, 6.07) is 18.4. The predicted molar refractivity (Wildman–Crippen MR) is 98.8 cm³/mol. The van der Waals surface area contributed by atoms with Crippen molar-refractivity contribution in [3.63, 3.8) is 0 Å². The van der Waals surface area contributed by atoms with Crippen LogP contribution in [0.5, 0.6) is 5.75 Å². The van der Waals surface area contributed by atoms with Crippen molar-refractivity contribution in [2.75, 3.05) is 7.11 Å². The fourth-order valence-corrected chi connectivity index (χ4v) is 2.67. The van der Waals surface area contributed by atoms with Gasteiger partial charge in [-0.05, 0) is 48.0 Å². The average molecular weight is 353 g/mol. The van der Waals surface area contributed by atoms with Gasteiger partial charge in [-0.1, -0.05) is 29.8 Å². The van der Waals surface area contributed by atoms with Gasteiger partial charge in [0.05, 0.1) is 19.3 Å². The zero-order chi connectivity index (χ0) is 17.6. The van der Waals surface area contributed by atoms with Crippen LogP contribution in [0, 0.1) is 0 Å². The smallest absolute Gasteiger partial charge is 0.251 e. The van der Waals surface area contributed by atoms with Crippen LogP contribution in [-0.2, 0) is 6.54 Å². The number of benzene rings is 2. The van der Waals surface area contributed by atoms with Crippen LogP contribution in [0.4, 0.5) is 0 Å². The summed E-state index contributed by atoms with van der Waals surface area (Å²) < 4.78 is 5.39. The number of nitrogens with one attached hydrogen (secondary N) is 1. The SMILES string of the molecule is COc1cc(Cl)ccc1-c1cccc(C(=O)NCc2ccccn2)c1. The molecular formula is C20H17ClN2O2. The molecule has 1 N–H and O–H groups in total. The van der Waals surface area contributed by atoms with E-state index in [1.807, 2.05) is 42.5 Å². The zero-order valence-corrected chi connectivity index (χ0v) is 14.5. The maximum absolute atomic E-state index is 12.4. The van der Waals surface area contributed by atoms with E-state index < -0.39 is 0 Å². The number of aromatic nitrogens is 1. The number of hydrogen-bond acceptors (Lipinski definition) is 3. The van der Waals surface area contributed by atoms with Crippen LogP contribution in [0.1, 0.15) is 16.1 Å². The Kier molecular flexibility index (Phi) is 5.31. The Labute approximate surface area is 151 Å². The number of nitrogens with zero attached hydrogens (tertiary/aromatic N) is 1. The van der Waals surface area contributed by atoms with E-state index in [1.165, 1.54) is 0 Å². The zero-order valence-electron chi connectivity index (χ0n) is 13.7. The largest absolute Gasteiger partial charge is 0.496 e. The first-order valence-electron chi connectivity index (χ1n) is 7.79. The van der Waals surface area contributed by atoms with Gasteiger partial charge in [0.2, 0.25) is 0 Å². The highest BCUT2D eigenvalue weighted by Gasteiger charge is 2.10. The fraction of sp³-hybridized carbons (Fsp3) is 0.100. The molecule has 0 unspecified atom stereocenters. The second kappa shape index (κ2) is 7.81. The van der Waals surface area contributed by atoms with Crippen molar-refractivity contribution in [3.05, 3.63) is 83.1 Å². The standard InChI is InChI=1S/C20H17ClN2O2/c1-25-19-12-16(21)8-9-18(19)14-5-4-6-15(11-14)20(24)23-13-17-7-2-3-10-22-17/h2-12H,13H2,1H3,(H,23,24). The second-order valence-electron chi connectivity index (χ2n) is 5.43. The molecule has 25 heavy (non-hydrogen) atoms. The van der Waals surface area contributed by atoms with E-state index in [4.69, 9.17) is 16.3 Å². The minimum atomic E-state index is -0.152. The summed E-state index contributed by atoms with van der Waals surface area (Å²) in [7, 11) is 1.60. The van der Waals surface area contributed by atoms with E-state index in [9.17, 15) is 4.79 Å². The van der Waals surface area contributed by atoms with Gasteiger partial charge in [-0.25, -0.2) is 0 Å². The molecule has 0 aliphatic heterocycles. The molecule has 4 nitrogen and oxygen atoms in total. The van der Waals surface area contributed by atoms with Crippen molar-refractivity contribution in [2.45, 2.75) is 6.54 Å². The highest BCUT2D eigenvalue weighted by molar-refractivity contribution is 6.30. The number of ether oxygens (including phenoxy) is 1. The molecule has 2 aromatic carbocycles. The summed E-state index contributed by atoms with van der Waals surface area (Å²) in [6.45, 7) is 0.383. The summed E-state index contributed by atoms with van der Waals surface area (Å²) in [5.41, 5.74) is 3.15. The van der Waals surface area contributed by atoms with Crippen molar-refractivity contribution in [3.8, 4) is 16.9 Å². The van der Waals surface area contributed by atoms with Crippen molar-refractivity contribution in [1.29, 1.82) is 0 Å². The predicted octanol–water partition coefficient (Wildman–Crippen LogP) is 4.34. The Balaban J connectivity index is 1.80. The summed E-state index contributed by atoms with van der Waals surface area (Å²) in [4.78, 5) is 16.6. The molecule has 3 rings (SSSR count). The average Bonchev–Trinajstić information content (AvgIpc) is 2.67. The van der Waals surface area contributed by atoms with Crippen molar-refractivity contribution in [2.24, 2.45) is 0 Å². The van der Waals surface area contributed by atoms with Gasteiger partial charge in [0, 0.05) is 22.3 Å². The molecule has 0 radical (unpaired) electrons. The third-order valence-electron chi connectivity index (χ3n) is 3.76. The summed E-state index contributed by atoms with van der Waals surface area (Å²) in [6.07, 6.45) is 1.70. The molecule has 126 valence electrons. The molecular weight excluding hydrogens is 336 g/mol. The number of carbonyl (C=O) groups excluding carboxylic acids is 1. The van der Waals surface area contributed by atoms with Crippen LogP contribution in [0.3, 0.4) is 0 Å². The first-order valence-corrected chi connectivity index (χ1v) is 8.17. The van der Waals surface area contributed by atoms with E-state index in [0.717, 1.165) is 16.8 Å². The van der Waals surface area contributed by atoms with Gasteiger partial charge < -0.3 is 10.1 Å². The maximum atomic E-state index is 12.4.